The molecule has 0 radical (unpaired) electrons. The molecule has 0 amide bonds. The van der Waals surface area contributed by atoms with Gasteiger partial charge < -0.3 is 9.84 Å². The zero-order valence-corrected chi connectivity index (χ0v) is 21.0. The number of carboxylic acids is 1. The Hall–Kier alpha value is -3.01. The SMILES string of the molecule is CC(C)N(c1ccc(C(F)(F)F)cc1OCc1ccc(C=CC(=O)O)cc1)S(=O)(=O)C1CCCCC1. The van der Waals surface area contributed by atoms with Crippen LogP contribution in [0.15, 0.2) is 48.5 Å². The molecule has 0 aromatic heterocycles. The third-order valence-electron chi connectivity index (χ3n) is 6.03. The van der Waals surface area contributed by atoms with E-state index in [0.29, 0.717) is 24.0 Å². The summed E-state index contributed by atoms with van der Waals surface area (Å²) in [7, 11) is -3.83. The third kappa shape index (κ3) is 6.81. The molecule has 0 bridgehead atoms. The Bertz CT molecular complexity index is 1190. The van der Waals surface area contributed by atoms with E-state index >= 15 is 0 Å². The molecule has 0 atom stereocenters. The van der Waals surface area contributed by atoms with Crippen LogP contribution in [-0.2, 0) is 27.6 Å². The largest absolute Gasteiger partial charge is 0.487 e. The number of nitrogens with zero attached hydrogens (tertiary/aromatic N) is 1. The van der Waals surface area contributed by atoms with E-state index in [9.17, 15) is 26.4 Å². The number of hydrogen-bond acceptors (Lipinski definition) is 4. The highest BCUT2D eigenvalue weighted by Crippen LogP contribution is 2.40. The van der Waals surface area contributed by atoms with E-state index in [1.54, 1.807) is 38.1 Å². The van der Waals surface area contributed by atoms with E-state index in [4.69, 9.17) is 9.84 Å². The van der Waals surface area contributed by atoms with Gasteiger partial charge in [-0.25, -0.2) is 13.2 Å². The second kappa shape index (κ2) is 11.4. The lowest BCUT2D eigenvalue weighted by atomic mass is 10.0. The van der Waals surface area contributed by atoms with Gasteiger partial charge in [0.1, 0.15) is 12.4 Å². The second-order valence-electron chi connectivity index (χ2n) is 9.08. The van der Waals surface area contributed by atoms with Gasteiger partial charge in [-0.05, 0) is 62.1 Å². The van der Waals surface area contributed by atoms with Crippen LogP contribution < -0.4 is 9.04 Å². The first kappa shape index (κ1) is 27.6. The molecule has 196 valence electrons. The summed E-state index contributed by atoms with van der Waals surface area (Å²) in [5.74, 6) is -1.26. The van der Waals surface area contributed by atoms with Gasteiger partial charge in [0.25, 0.3) is 0 Å². The van der Waals surface area contributed by atoms with E-state index in [2.05, 4.69) is 0 Å². The molecule has 2 aromatic rings. The van der Waals surface area contributed by atoms with Crippen molar-refractivity contribution in [1.29, 1.82) is 0 Å². The third-order valence-corrected chi connectivity index (χ3v) is 8.51. The molecule has 1 fully saturated rings. The summed E-state index contributed by atoms with van der Waals surface area (Å²) in [5.41, 5.74) is 0.390. The Labute approximate surface area is 209 Å². The van der Waals surface area contributed by atoms with Crippen molar-refractivity contribution in [2.45, 2.75) is 70.0 Å². The number of aliphatic carboxylic acids is 1. The maximum atomic E-state index is 13.6. The molecule has 1 aliphatic carbocycles. The molecule has 0 spiro atoms. The van der Waals surface area contributed by atoms with E-state index in [-0.39, 0.29) is 18.0 Å². The molecule has 0 unspecified atom stereocenters. The van der Waals surface area contributed by atoms with Crippen LogP contribution in [0, 0.1) is 0 Å². The maximum absolute atomic E-state index is 13.6. The number of carboxylic acid groups (broad SMARTS) is 1. The number of hydrogen-bond donors (Lipinski definition) is 1. The zero-order chi connectivity index (χ0) is 26.5. The highest BCUT2D eigenvalue weighted by molar-refractivity contribution is 7.93. The van der Waals surface area contributed by atoms with Crippen LogP contribution in [-0.4, -0.2) is 30.8 Å². The topological polar surface area (TPSA) is 83.9 Å². The summed E-state index contributed by atoms with van der Waals surface area (Å²) < 4.78 is 74.6. The van der Waals surface area contributed by atoms with Crippen LogP contribution in [0.25, 0.3) is 6.08 Å². The van der Waals surface area contributed by atoms with Gasteiger partial charge in [0, 0.05) is 12.1 Å². The van der Waals surface area contributed by atoms with Crippen molar-refractivity contribution in [3.8, 4) is 5.75 Å². The smallest absolute Gasteiger partial charge is 0.416 e. The summed E-state index contributed by atoms with van der Waals surface area (Å²) in [5, 5.41) is 8.15. The molecular weight excluding hydrogens is 495 g/mol. The average molecular weight is 526 g/mol. The summed E-state index contributed by atoms with van der Waals surface area (Å²) in [6.07, 6.45) is 1.37. The van der Waals surface area contributed by atoms with Crippen molar-refractivity contribution >= 4 is 27.8 Å². The number of sulfonamides is 1. The van der Waals surface area contributed by atoms with Crippen LogP contribution in [0.5, 0.6) is 5.75 Å². The fraction of sp³-hybridized carbons (Fsp3) is 0.423. The standard InChI is InChI=1S/C26H30F3NO5S/c1-18(2)30(36(33,34)22-6-4-3-5-7-22)23-14-13-21(26(27,28)29)16-24(23)35-17-20-10-8-19(9-11-20)12-15-25(31)32/h8-16,18,22H,3-7,17H2,1-2H3,(H,31,32). The van der Waals surface area contributed by atoms with Crippen molar-refractivity contribution in [3.05, 3.63) is 65.2 Å². The quantitative estimate of drug-likeness (QED) is 0.391. The Balaban J connectivity index is 1.95. The Morgan fingerprint density at radius 1 is 1.11 bits per heavy atom. The number of anilines is 1. The lowest BCUT2D eigenvalue weighted by Gasteiger charge is -2.34. The van der Waals surface area contributed by atoms with Crippen molar-refractivity contribution in [1.82, 2.24) is 0 Å². The van der Waals surface area contributed by atoms with Crippen molar-refractivity contribution in [3.63, 3.8) is 0 Å². The maximum Gasteiger partial charge on any atom is 0.416 e. The molecule has 0 heterocycles. The molecule has 6 nitrogen and oxygen atoms in total. The van der Waals surface area contributed by atoms with Gasteiger partial charge in [-0.1, -0.05) is 43.5 Å². The first-order valence-electron chi connectivity index (χ1n) is 11.8. The fourth-order valence-corrected chi connectivity index (χ4v) is 6.54. The number of halogens is 3. The molecule has 1 saturated carbocycles. The minimum Gasteiger partial charge on any atom is -0.487 e. The molecule has 3 rings (SSSR count). The number of benzene rings is 2. The molecule has 0 aliphatic heterocycles. The summed E-state index contributed by atoms with van der Waals surface area (Å²) >= 11 is 0. The second-order valence-corrected chi connectivity index (χ2v) is 11.2. The average Bonchev–Trinajstić information content (AvgIpc) is 2.82. The molecule has 36 heavy (non-hydrogen) atoms. The van der Waals surface area contributed by atoms with E-state index in [1.807, 2.05) is 0 Å². The van der Waals surface area contributed by atoms with Crippen LogP contribution in [0.2, 0.25) is 0 Å². The fourth-order valence-electron chi connectivity index (χ4n) is 4.27. The summed E-state index contributed by atoms with van der Waals surface area (Å²) in [6, 6.07) is 8.97. The monoisotopic (exact) mass is 525 g/mol. The van der Waals surface area contributed by atoms with Crippen LogP contribution in [0.4, 0.5) is 18.9 Å². The summed E-state index contributed by atoms with van der Waals surface area (Å²) in [6.45, 7) is 3.27. The highest BCUT2D eigenvalue weighted by atomic mass is 32.2. The number of alkyl halides is 3. The van der Waals surface area contributed by atoms with Crippen molar-refractivity contribution in [2.24, 2.45) is 0 Å². The normalized spacial score (nSPS) is 15.4. The van der Waals surface area contributed by atoms with Gasteiger partial charge >= 0.3 is 12.1 Å². The van der Waals surface area contributed by atoms with E-state index in [0.717, 1.165) is 37.5 Å². The number of carbonyl (C=O) groups is 1. The highest BCUT2D eigenvalue weighted by Gasteiger charge is 2.38. The molecule has 10 heteroatoms. The predicted octanol–water partition coefficient (Wildman–Crippen LogP) is 6.26. The lowest BCUT2D eigenvalue weighted by Crippen LogP contribution is -2.44. The van der Waals surface area contributed by atoms with Crippen LogP contribution in [0.3, 0.4) is 0 Å². The van der Waals surface area contributed by atoms with Gasteiger partial charge in [0.05, 0.1) is 16.5 Å². The first-order valence-corrected chi connectivity index (χ1v) is 13.3. The number of rotatable bonds is 9. The Kier molecular flexibility index (Phi) is 8.71. The Morgan fingerprint density at radius 2 is 1.75 bits per heavy atom. The van der Waals surface area contributed by atoms with Gasteiger partial charge in [-0.3, -0.25) is 4.31 Å². The van der Waals surface area contributed by atoms with E-state index < -0.39 is 39.0 Å². The van der Waals surface area contributed by atoms with Crippen molar-refractivity contribution in [2.75, 3.05) is 4.31 Å². The Morgan fingerprint density at radius 3 is 2.31 bits per heavy atom. The van der Waals surface area contributed by atoms with Crippen molar-refractivity contribution < 1.29 is 36.2 Å². The van der Waals surface area contributed by atoms with Gasteiger partial charge in [0.15, 0.2) is 0 Å². The minimum atomic E-state index is -4.63. The van der Waals surface area contributed by atoms with Gasteiger partial charge in [-0.15, -0.1) is 0 Å². The van der Waals surface area contributed by atoms with Gasteiger partial charge in [0.2, 0.25) is 10.0 Å². The number of ether oxygens (including phenoxy) is 1. The summed E-state index contributed by atoms with van der Waals surface area (Å²) in [4.78, 5) is 10.7. The van der Waals surface area contributed by atoms with Crippen LogP contribution in [0.1, 0.15) is 62.6 Å². The molecule has 0 saturated heterocycles. The zero-order valence-electron chi connectivity index (χ0n) is 20.2. The molecule has 1 N–H and O–H groups in total. The molecule has 1 aliphatic rings. The first-order chi connectivity index (χ1) is 16.9. The lowest BCUT2D eigenvalue weighted by molar-refractivity contribution is -0.137. The molecule has 2 aromatic carbocycles. The van der Waals surface area contributed by atoms with Crippen LogP contribution >= 0.6 is 0 Å². The van der Waals surface area contributed by atoms with E-state index in [1.165, 1.54) is 16.4 Å². The molecular formula is C26H30F3NO5S. The van der Waals surface area contributed by atoms with Gasteiger partial charge in [-0.2, -0.15) is 13.2 Å². The predicted molar refractivity (Wildman–Crippen MR) is 132 cm³/mol. The minimum absolute atomic E-state index is 0.0737.